The van der Waals surface area contributed by atoms with Crippen molar-refractivity contribution < 1.29 is 18.3 Å². The Bertz CT molecular complexity index is 923. The molecular formula is C20H23NO4S. The van der Waals surface area contributed by atoms with Gasteiger partial charge in [0.05, 0.1) is 17.6 Å². The molecular weight excluding hydrogens is 350 g/mol. The minimum absolute atomic E-state index is 0.0565. The van der Waals surface area contributed by atoms with Crippen LogP contribution in [0.25, 0.3) is 0 Å². The number of rotatable bonds is 5. The molecule has 0 bridgehead atoms. The molecule has 26 heavy (non-hydrogen) atoms. The molecule has 0 amide bonds. The average molecular weight is 373 g/mol. The molecule has 5 nitrogen and oxygen atoms in total. The van der Waals surface area contributed by atoms with Gasteiger partial charge in [-0.15, -0.1) is 0 Å². The predicted molar refractivity (Wildman–Crippen MR) is 98.9 cm³/mol. The van der Waals surface area contributed by atoms with Crippen molar-refractivity contribution in [3.8, 4) is 5.75 Å². The van der Waals surface area contributed by atoms with Crippen molar-refractivity contribution in [1.29, 1.82) is 0 Å². The molecule has 0 radical (unpaired) electrons. The number of fused-ring (bicyclic) bond motifs is 2. The monoisotopic (exact) mass is 373 g/mol. The first-order valence-electron chi connectivity index (χ1n) is 9.08. The van der Waals surface area contributed by atoms with Crippen LogP contribution < -0.4 is 9.46 Å². The molecule has 0 spiro atoms. The highest BCUT2D eigenvalue weighted by Crippen LogP contribution is 2.28. The van der Waals surface area contributed by atoms with Gasteiger partial charge in [0.15, 0.2) is 0 Å². The lowest BCUT2D eigenvalue weighted by atomic mass is 9.92. The maximum Gasteiger partial charge on any atom is 0.240 e. The third-order valence-corrected chi connectivity index (χ3v) is 6.62. The highest BCUT2D eigenvalue weighted by Gasteiger charge is 2.20. The summed E-state index contributed by atoms with van der Waals surface area (Å²) in [5, 5.41) is 10.4. The second-order valence-electron chi connectivity index (χ2n) is 6.97. The van der Waals surface area contributed by atoms with Crippen LogP contribution in [0, 0.1) is 0 Å². The van der Waals surface area contributed by atoms with E-state index in [1.165, 1.54) is 5.56 Å². The molecule has 1 aliphatic carbocycles. The molecule has 2 aromatic rings. The Balaban J connectivity index is 1.46. The van der Waals surface area contributed by atoms with Crippen molar-refractivity contribution in [3.05, 3.63) is 58.7 Å². The van der Waals surface area contributed by atoms with Crippen molar-refractivity contribution in [1.82, 2.24) is 4.72 Å². The SMILES string of the molecule is O=S(=O)(NC[C@@H](O)c1ccc2c(c1)CCO2)c1ccc2c(c1)CCCC2. The van der Waals surface area contributed by atoms with Crippen LogP contribution >= 0.6 is 0 Å². The van der Waals surface area contributed by atoms with Gasteiger partial charge in [0.1, 0.15) is 5.75 Å². The summed E-state index contributed by atoms with van der Waals surface area (Å²) in [4.78, 5) is 0.271. The molecule has 0 unspecified atom stereocenters. The smallest absolute Gasteiger partial charge is 0.240 e. The molecule has 138 valence electrons. The minimum atomic E-state index is -3.64. The summed E-state index contributed by atoms with van der Waals surface area (Å²) in [6.45, 7) is 0.596. The topological polar surface area (TPSA) is 75.6 Å². The van der Waals surface area contributed by atoms with Crippen LogP contribution in [0.3, 0.4) is 0 Å². The number of benzene rings is 2. The number of aliphatic hydroxyl groups excluding tert-OH is 1. The summed E-state index contributed by atoms with van der Waals surface area (Å²) in [7, 11) is -3.64. The molecule has 1 atom stereocenters. The van der Waals surface area contributed by atoms with Crippen LogP contribution in [0.15, 0.2) is 41.3 Å². The first-order chi connectivity index (χ1) is 12.5. The maximum atomic E-state index is 12.6. The second kappa shape index (κ2) is 7.02. The Kier molecular flexibility index (Phi) is 4.73. The third-order valence-electron chi connectivity index (χ3n) is 5.20. The Morgan fingerprint density at radius 2 is 1.81 bits per heavy atom. The Hall–Kier alpha value is -1.89. The van der Waals surface area contributed by atoms with E-state index in [-0.39, 0.29) is 11.4 Å². The van der Waals surface area contributed by atoms with Crippen LogP contribution in [0.5, 0.6) is 5.75 Å². The molecule has 2 N–H and O–H groups in total. The number of nitrogens with one attached hydrogen (secondary N) is 1. The van der Waals surface area contributed by atoms with E-state index in [9.17, 15) is 13.5 Å². The summed E-state index contributed by atoms with van der Waals surface area (Å²) in [6, 6.07) is 10.8. The molecule has 0 saturated carbocycles. The van der Waals surface area contributed by atoms with Crippen molar-refractivity contribution in [2.24, 2.45) is 0 Å². The Morgan fingerprint density at radius 1 is 1.00 bits per heavy atom. The van der Waals surface area contributed by atoms with Crippen LogP contribution in [0.1, 0.15) is 41.2 Å². The fraction of sp³-hybridized carbons (Fsp3) is 0.400. The van der Waals surface area contributed by atoms with E-state index in [2.05, 4.69) is 4.72 Å². The lowest BCUT2D eigenvalue weighted by molar-refractivity contribution is 0.182. The molecule has 0 saturated heterocycles. The van der Waals surface area contributed by atoms with Gasteiger partial charge in [0, 0.05) is 13.0 Å². The zero-order valence-electron chi connectivity index (χ0n) is 14.6. The Labute approximate surface area is 154 Å². The fourth-order valence-electron chi connectivity index (χ4n) is 3.68. The van der Waals surface area contributed by atoms with Gasteiger partial charge in [-0.25, -0.2) is 13.1 Å². The molecule has 2 aliphatic rings. The number of ether oxygens (including phenoxy) is 1. The lowest BCUT2D eigenvalue weighted by Gasteiger charge is -2.17. The van der Waals surface area contributed by atoms with E-state index in [4.69, 9.17) is 4.74 Å². The first-order valence-corrected chi connectivity index (χ1v) is 10.6. The highest BCUT2D eigenvalue weighted by molar-refractivity contribution is 7.89. The number of hydrogen-bond acceptors (Lipinski definition) is 4. The second-order valence-corrected chi connectivity index (χ2v) is 8.74. The van der Waals surface area contributed by atoms with Crippen molar-refractivity contribution >= 4 is 10.0 Å². The molecule has 1 aliphatic heterocycles. The van der Waals surface area contributed by atoms with E-state index in [0.717, 1.165) is 49.0 Å². The molecule has 6 heteroatoms. The van der Waals surface area contributed by atoms with E-state index >= 15 is 0 Å². The van der Waals surface area contributed by atoms with Gasteiger partial charge in [0.2, 0.25) is 10.0 Å². The van der Waals surface area contributed by atoms with E-state index < -0.39 is 16.1 Å². The predicted octanol–water partition coefficient (Wildman–Crippen LogP) is 2.51. The normalized spacial score (nSPS) is 17.3. The number of aryl methyl sites for hydroxylation is 2. The average Bonchev–Trinajstić information content (AvgIpc) is 3.13. The largest absolute Gasteiger partial charge is 0.493 e. The summed E-state index contributed by atoms with van der Waals surface area (Å²) < 4.78 is 33.2. The number of sulfonamides is 1. The van der Waals surface area contributed by atoms with E-state index in [1.54, 1.807) is 18.2 Å². The molecule has 0 aromatic heterocycles. The van der Waals surface area contributed by atoms with Crippen LogP contribution in [-0.2, 0) is 29.3 Å². The van der Waals surface area contributed by atoms with E-state index in [0.29, 0.717) is 12.2 Å². The quantitative estimate of drug-likeness (QED) is 0.844. The number of aliphatic hydroxyl groups is 1. The standard InChI is InChI=1S/C20H23NO4S/c22-19(16-6-8-20-17(11-16)9-10-25-20)13-21-26(23,24)18-7-5-14-3-1-2-4-15(14)12-18/h5-8,11-12,19,21-22H,1-4,9-10,13H2/t19-/m1/s1. The van der Waals surface area contributed by atoms with Gasteiger partial charge in [0.25, 0.3) is 0 Å². The highest BCUT2D eigenvalue weighted by atomic mass is 32.2. The summed E-state index contributed by atoms with van der Waals surface area (Å²) in [5.41, 5.74) is 4.12. The molecule has 0 fully saturated rings. The minimum Gasteiger partial charge on any atom is -0.493 e. The van der Waals surface area contributed by atoms with Gasteiger partial charge < -0.3 is 9.84 Å². The molecule has 4 rings (SSSR count). The summed E-state index contributed by atoms with van der Waals surface area (Å²) >= 11 is 0. The summed E-state index contributed by atoms with van der Waals surface area (Å²) in [6.07, 6.45) is 4.13. The maximum absolute atomic E-state index is 12.6. The zero-order chi connectivity index (χ0) is 18.1. The van der Waals surface area contributed by atoms with Crippen LogP contribution in [-0.4, -0.2) is 26.7 Å². The summed E-state index contributed by atoms with van der Waals surface area (Å²) in [5.74, 6) is 0.843. The Morgan fingerprint density at radius 3 is 2.65 bits per heavy atom. The number of hydrogen-bond donors (Lipinski definition) is 2. The third kappa shape index (κ3) is 3.49. The zero-order valence-corrected chi connectivity index (χ0v) is 15.4. The van der Waals surface area contributed by atoms with Crippen LogP contribution in [0.2, 0.25) is 0 Å². The first kappa shape index (κ1) is 17.5. The fourth-order valence-corrected chi connectivity index (χ4v) is 4.77. The van der Waals surface area contributed by atoms with Crippen LogP contribution in [0.4, 0.5) is 0 Å². The van der Waals surface area contributed by atoms with Gasteiger partial charge >= 0.3 is 0 Å². The van der Waals surface area contributed by atoms with E-state index in [1.807, 2.05) is 18.2 Å². The molecule has 1 heterocycles. The van der Waals surface area contributed by atoms with Gasteiger partial charge in [-0.1, -0.05) is 12.1 Å². The molecule has 2 aromatic carbocycles. The van der Waals surface area contributed by atoms with Gasteiger partial charge in [-0.2, -0.15) is 0 Å². The lowest BCUT2D eigenvalue weighted by Crippen LogP contribution is -2.28. The van der Waals surface area contributed by atoms with Crippen molar-refractivity contribution in [2.45, 2.75) is 43.1 Å². The van der Waals surface area contributed by atoms with Crippen molar-refractivity contribution in [2.75, 3.05) is 13.2 Å². The van der Waals surface area contributed by atoms with Gasteiger partial charge in [-0.05, 0) is 72.2 Å². The van der Waals surface area contributed by atoms with Gasteiger partial charge in [-0.3, -0.25) is 0 Å². The van der Waals surface area contributed by atoms with Crippen molar-refractivity contribution in [3.63, 3.8) is 0 Å².